The standard InChI is InChI=1S/C30H34BrN9O3/c1-19-26(37-28(32-5)39-11-13-40(14-12-39)29(41)43-30(2,3)4)27(34-17-33-19)36-20-7-10-25(22(31)15-20)42-21-8-9-24-23(16-21)35-18-38(24)6/h7-10,15-18H,5,11-14H2,1-4,6H3,(H,33,34,36). The zero-order valence-electron chi connectivity index (χ0n) is 24.8. The molecule has 3 heterocycles. The molecule has 4 aromatic rings. The van der Waals surface area contributed by atoms with Gasteiger partial charge in [0.15, 0.2) is 5.82 Å². The SMILES string of the molecule is C=NC(=Nc1c(C)ncnc1Nc1ccc(Oc2ccc3c(c2)ncn3C)c(Br)c1)N1CCN(C(=O)OC(C)(C)C)CC1. The second-order valence-corrected chi connectivity index (χ2v) is 11.9. The van der Waals surface area contributed by atoms with E-state index in [9.17, 15) is 4.79 Å². The number of amides is 1. The Hall–Kier alpha value is -4.52. The first-order valence-corrected chi connectivity index (χ1v) is 14.6. The summed E-state index contributed by atoms with van der Waals surface area (Å²) >= 11 is 3.63. The lowest BCUT2D eigenvalue weighted by atomic mass is 10.2. The molecule has 0 atom stereocenters. The van der Waals surface area contributed by atoms with Crippen LogP contribution < -0.4 is 10.1 Å². The van der Waals surface area contributed by atoms with Gasteiger partial charge in [0.25, 0.3) is 0 Å². The van der Waals surface area contributed by atoms with E-state index in [4.69, 9.17) is 14.5 Å². The highest BCUT2D eigenvalue weighted by Gasteiger charge is 2.27. The molecule has 0 radical (unpaired) electrons. The molecule has 0 unspecified atom stereocenters. The van der Waals surface area contributed by atoms with Gasteiger partial charge in [0.1, 0.15) is 29.1 Å². The summed E-state index contributed by atoms with van der Waals surface area (Å²) in [5.74, 6) is 2.29. The van der Waals surface area contributed by atoms with E-state index in [-0.39, 0.29) is 6.09 Å². The number of aliphatic imine (C=N–C) groups is 2. The van der Waals surface area contributed by atoms with Gasteiger partial charge >= 0.3 is 6.09 Å². The van der Waals surface area contributed by atoms with Crippen molar-refractivity contribution in [3.63, 3.8) is 0 Å². The fraction of sp³-hybridized carbons (Fsp3) is 0.333. The molecule has 0 spiro atoms. The molecule has 1 aliphatic rings. The highest BCUT2D eigenvalue weighted by atomic mass is 79.9. The summed E-state index contributed by atoms with van der Waals surface area (Å²) in [7, 11) is 1.96. The summed E-state index contributed by atoms with van der Waals surface area (Å²) < 4.78 is 14.4. The second kappa shape index (κ2) is 12.4. The van der Waals surface area contributed by atoms with E-state index >= 15 is 0 Å². The molecule has 0 bridgehead atoms. The minimum Gasteiger partial charge on any atom is -0.456 e. The largest absolute Gasteiger partial charge is 0.456 e. The van der Waals surface area contributed by atoms with Gasteiger partial charge in [0, 0.05) is 45.0 Å². The molecule has 0 saturated carbocycles. The fourth-order valence-electron chi connectivity index (χ4n) is 4.52. The maximum atomic E-state index is 12.5. The number of rotatable bonds is 5. The summed E-state index contributed by atoms with van der Waals surface area (Å²) in [6.07, 6.45) is 2.93. The van der Waals surface area contributed by atoms with Crippen LogP contribution in [0, 0.1) is 6.92 Å². The van der Waals surface area contributed by atoms with E-state index in [2.05, 4.69) is 47.9 Å². The summed E-state index contributed by atoms with van der Waals surface area (Å²) in [6, 6.07) is 11.5. The van der Waals surface area contributed by atoms with E-state index in [1.54, 1.807) is 11.2 Å². The maximum absolute atomic E-state index is 12.5. The lowest BCUT2D eigenvalue weighted by Crippen LogP contribution is -2.51. The van der Waals surface area contributed by atoms with Gasteiger partial charge < -0.3 is 29.2 Å². The smallest absolute Gasteiger partial charge is 0.410 e. The number of guanidine groups is 1. The van der Waals surface area contributed by atoms with Crippen molar-refractivity contribution in [2.45, 2.75) is 33.3 Å². The molecule has 0 aliphatic carbocycles. The van der Waals surface area contributed by atoms with E-state index in [1.165, 1.54) is 6.33 Å². The van der Waals surface area contributed by atoms with Gasteiger partial charge in [-0.2, -0.15) is 0 Å². The van der Waals surface area contributed by atoms with Crippen LogP contribution in [0.1, 0.15) is 26.5 Å². The van der Waals surface area contributed by atoms with Crippen molar-refractivity contribution in [1.82, 2.24) is 29.3 Å². The summed E-state index contributed by atoms with van der Waals surface area (Å²) in [5.41, 5.74) is 3.33. The number of aryl methyl sites for hydroxylation is 2. The van der Waals surface area contributed by atoms with Crippen LogP contribution in [0.2, 0.25) is 0 Å². The lowest BCUT2D eigenvalue weighted by molar-refractivity contribution is 0.0186. The molecule has 2 aromatic carbocycles. The molecule has 2 aromatic heterocycles. The molecular weight excluding hydrogens is 614 g/mol. The number of halogens is 1. The average Bonchev–Trinajstić information content (AvgIpc) is 3.33. The summed E-state index contributed by atoms with van der Waals surface area (Å²) in [4.78, 5) is 38.3. The number of carbonyl (C=O) groups excluding carboxylic acids is 1. The number of nitrogens with one attached hydrogen (secondary N) is 1. The molecule has 12 nitrogen and oxygen atoms in total. The Morgan fingerprint density at radius 2 is 1.79 bits per heavy atom. The number of imidazole rings is 1. The van der Waals surface area contributed by atoms with Gasteiger partial charge in [-0.1, -0.05) is 0 Å². The first kappa shape index (κ1) is 30.0. The van der Waals surface area contributed by atoms with E-state index < -0.39 is 5.60 Å². The molecule has 43 heavy (non-hydrogen) atoms. The number of ether oxygens (including phenoxy) is 2. The number of fused-ring (bicyclic) bond motifs is 1. The molecule has 1 amide bonds. The zero-order chi connectivity index (χ0) is 30.7. The Labute approximate surface area is 258 Å². The van der Waals surface area contributed by atoms with Crippen molar-refractivity contribution < 1.29 is 14.3 Å². The number of piperazine rings is 1. The quantitative estimate of drug-likeness (QED) is 0.200. The van der Waals surface area contributed by atoms with Gasteiger partial charge in [0.2, 0.25) is 5.96 Å². The molecule has 224 valence electrons. The fourth-order valence-corrected chi connectivity index (χ4v) is 4.98. The number of nitrogens with zero attached hydrogens (tertiary/aromatic N) is 8. The first-order valence-electron chi connectivity index (χ1n) is 13.8. The molecule has 1 N–H and O–H groups in total. The number of hydrogen-bond acceptors (Lipinski definition) is 8. The second-order valence-electron chi connectivity index (χ2n) is 11.1. The molecular formula is C30H34BrN9O3. The van der Waals surface area contributed by atoms with Crippen molar-refractivity contribution in [3.8, 4) is 11.5 Å². The molecule has 1 fully saturated rings. The van der Waals surface area contributed by atoms with Crippen molar-refractivity contribution in [3.05, 3.63) is 59.2 Å². The molecule has 5 rings (SSSR count). The van der Waals surface area contributed by atoms with Crippen molar-refractivity contribution in [2.75, 3.05) is 31.5 Å². The van der Waals surface area contributed by atoms with Gasteiger partial charge in [-0.15, -0.1) is 0 Å². The van der Waals surface area contributed by atoms with Crippen molar-refractivity contribution in [2.24, 2.45) is 17.0 Å². The minimum atomic E-state index is -0.546. The predicted octanol–water partition coefficient (Wildman–Crippen LogP) is 6.21. The topological polar surface area (TPSA) is 122 Å². The Morgan fingerprint density at radius 1 is 1.05 bits per heavy atom. The molecule has 13 heteroatoms. The normalized spacial score (nSPS) is 14.1. The Balaban J connectivity index is 1.30. The highest BCUT2D eigenvalue weighted by Crippen LogP contribution is 2.35. The number of aromatic nitrogens is 4. The van der Waals surface area contributed by atoms with Crippen molar-refractivity contribution in [1.29, 1.82) is 0 Å². The third-order valence-electron chi connectivity index (χ3n) is 6.69. The summed E-state index contributed by atoms with van der Waals surface area (Å²) in [6.45, 7) is 13.2. The maximum Gasteiger partial charge on any atom is 0.410 e. The monoisotopic (exact) mass is 647 g/mol. The van der Waals surface area contributed by atoms with E-state index in [0.717, 1.165) is 21.2 Å². The Kier molecular flexibility index (Phi) is 8.62. The van der Waals surface area contributed by atoms with Gasteiger partial charge in [-0.3, -0.25) is 0 Å². The molecule has 1 saturated heterocycles. The first-order chi connectivity index (χ1) is 20.5. The van der Waals surface area contributed by atoms with E-state index in [0.29, 0.717) is 60.8 Å². The van der Waals surface area contributed by atoms with Gasteiger partial charge in [-0.05, 0) is 80.7 Å². The van der Waals surface area contributed by atoms with Crippen LogP contribution in [0.15, 0.2) is 63.5 Å². The van der Waals surface area contributed by atoms with Crippen LogP contribution in [0.25, 0.3) is 11.0 Å². The highest BCUT2D eigenvalue weighted by molar-refractivity contribution is 9.10. The Bertz CT molecular complexity index is 1690. The number of benzene rings is 2. The third kappa shape index (κ3) is 7.11. The molecule has 1 aliphatic heterocycles. The number of carbonyl (C=O) groups is 1. The summed E-state index contributed by atoms with van der Waals surface area (Å²) in [5, 5.41) is 3.34. The van der Waals surface area contributed by atoms with Gasteiger partial charge in [-0.25, -0.2) is 29.7 Å². The van der Waals surface area contributed by atoms with E-state index in [1.807, 2.05) is 80.6 Å². The lowest BCUT2D eigenvalue weighted by Gasteiger charge is -2.36. The van der Waals surface area contributed by atoms with Crippen LogP contribution in [-0.2, 0) is 11.8 Å². The predicted molar refractivity (Wildman–Crippen MR) is 171 cm³/mol. The number of hydrogen-bond donors (Lipinski definition) is 1. The van der Waals surface area contributed by atoms with Crippen LogP contribution in [-0.4, -0.2) is 79.9 Å². The van der Waals surface area contributed by atoms with Crippen LogP contribution in [0.5, 0.6) is 11.5 Å². The Morgan fingerprint density at radius 3 is 2.49 bits per heavy atom. The van der Waals surface area contributed by atoms with Crippen LogP contribution in [0.3, 0.4) is 0 Å². The third-order valence-corrected chi connectivity index (χ3v) is 7.31. The minimum absolute atomic E-state index is 0.326. The zero-order valence-corrected chi connectivity index (χ0v) is 26.4. The van der Waals surface area contributed by atoms with Crippen LogP contribution in [0.4, 0.5) is 22.0 Å². The number of anilines is 2. The van der Waals surface area contributed by atoms with Crippen molar-refractivity contribution >= 4 is 62.9 Å². The van der Waals surface area contributed by atoms with Gasteiger partial charge in [0.05, 0.1) is 27.5 Å². The average molecular weight is 649 g/mol. The van der Waals surface area contributed by atoms with Crippen LogP contribution >= 0.6 is 15.9 Å².